The quantitative estimate of drug-likeness (QED) is 0.897. The maximum absolute atomic E-state index is 12.6. The number of carbonyl (C=O) groups is 1. The van der Waals surface area contributed by atoms with Crippen LogP contribution in [-0.2, 0) is 0 Å². The average Bonchev–Trinajstić information content (AvgIpc) is 2.77. The molecule has 0 atom stereocenters. The Labute approximate surface area is 120 Å². The van der Waals surface area contributed by atoms with E-state index in [-0.39, 0.29) is 5.91 Å². The van der Waals surface area contributed by atoms with Gasteiger partial charge < -0.3 is 14.6 Å². The van der Waals surface area contributed by atoms with Gasteiger partial charge in [-0.05, 0) is 45.2 Å². The van der Waals surface area contributed by atoms with E-state index in [0.29, 0.717) is 23.3 Å². The lowest BCUT2D eigenvalue weighted by Crippen LogP contribution is -2.39. The lowest BCUT2D eigenvalue weighted by Gasteiger charge is -2.29. The molecule has 1 aliphatic rings. The number of rotatable bonds is 5. The molecule has 0 aliphatic carbocycles. The third-order valence-electron chi connectivity index (χ3n) is 3.82. The normalized spacial score (nSPS) is 16.4. The van der Waals surface area contributed by atoms with E-state index in [0.717, 1.165) is 45.4 Å². The van der Waals surface area contributed by atoms with Crippen molar-refractivity contribution in [3.63, 3.8) is 0 Å². The Bertz CT molecular complexity index is 450. The molecule has 0 aromatic carbocycles. The Balaban J connectivity index is 2.06. The summed E-state index contributed by atoms with van der Waals surface area (Å²) in [5.41, 5.74) is 0.693. The van der Waals surface area contributed by atoms with Crippen LogP contribution in [0, 0.1) is 19.8 Å². The molecule has 1 aliphatic heterocycles. The first-order chi connectivity index (χ1) is 9.61. The van der Waals surface area contributed by atoms with E-state index in [4.69, 9.17) is 4.42 Å². The summed E-state index contributed by atoms with van der Waals surface area (Å²) in [4.78, 5) is 18.7. The molecular formula is C15H25N3O2. The number of oxazole rings is 1. The number of nitrogens with zero attached hydrogens (tertiary/aromatic N) is 2. The molecule has 112 valence electrons. The summed E-state index contributed by atoms with van der Waals surface area (Å²) in [5, 5.41) is 3.36. The summed E-state index contributed by atoms with van der Waals surface area (Å²) >= 11 is 0. The second-order valence-electron chi connectivity index (χ2n) is 5.59. The molecule has 0 unspecified atom stereocenters. The topological polar surface area (TPSA) is 58.4 Å². The summed E-state index contributed by atoms with van der Waals surface area (Å²) < 4.78 is 5.48. The third kappa shape index (κ3) is 3.60. The van der Waals surface area contributed by atoms with Gasteiger partial charge in [-0.1, -0.05) is 6.92 Å². The first kappa shape index (κ1) is 15.0. The highest BCUT2D eigenvalue weighted by molar-refractivity contribution is 5.92. The maximum Gasteiger partial charge on any atom is 0.291 e. The van der Waals surface area contributed by atoms with Gasteiger partial charge in [0, 0.05) is 20.0 Å². The van der Waals surface area contributed by atoms with Crippen molar-refractivity contribution in [3.8, 4) is 0 Å². The molecule has 2 heterocycles. The first-order valence-electron chi connectivity index (χ1n) is 7.55. The maximum atomic E-state index is 12.6. The van der Waals surface area contributed by atoms with Gasteiger partial charge in [0.15, 0.2) is 5.89 Å². The Morgan fingerprint density at radius 2 is 2.10 bits per heavy atom. The van der Waals surface area contributed by atoms with Crippen molar-refractivity contribution in [1.82, 2.24) is 15.2 Å². The fourth-order valence-corrected chi connectivity index (χ4v) is 2.79. The Kier molecular flexibility index (Phi) is 5.17. The van der Waals surface area contributed by atoms with Crippen molar-refractivity contribution in [2.45, 2.75) is 40.0 Å². The fourth-order valence-electron chi connectivity index (χ4n) is 2.79. The van der Waals surface area contributed by atoms with Crippen LogP contribution in [0.15, 0.2) is 4.42 Å². The number of aromatic nitrogens is 1. The Hall–Kier alpha value is -1.36. The van der Waals surface area contributed by atoms with Crippen LogP contribution in [0.2, 0.25) is 0 Å². The van der Waals surface area contributed by atoms with Gasteiger partial charge >= 0.3 is 0 Å². The molecule has 20 heavy (non-hydrogen) atoms. The SMILES string of the molecule is CCCN(CC1CCNCC1)C(=O)c1oc(C)nc1C. The number of aryl methyl sites for hydroxylation is 2. The summed E-state index contributed by atoms with van der Waals surface area (Å²) in [6.07, 6.45) is 3.24. The monoisotopic (exact) mass is 279 g/mol. The standard InChI is InChI=1S/C15H25N3O2/c1-4-9-18(10-13-5-7-16-8-6-13)15(19)14-11(2)17-12(3)20-14/h13,16H,4-10H2,1-3H3. The average molecular weight is 279 g/mol. The van der Waals surface area contributed by atoms with Crippen LogP contribution >= 0.6 is 0 Å². The van der Waals surface area contributed by atoms with Gasteiger partial charge in [0.05, 0.1) is 5.69 Å². The van der Waals surface area contributed by atoms with E-state index in [2.05, 4.69) is 17.2 Å². The first-order valence-corrected chi connectivity index (χ1v) is 7.55. The highest BCUT2D eigenvalue weighted by Crippen LogP contribution is 2.18. The van der Waals surface area contributed by atoms with Gasteiger partial charge in [0.2, 0.25) is 5.76 Å². The molecule has 0 saturated carbocycles. The highest BCUT2D eigenvalue weighted by atomic mass is 16.4. The molecule has 2 rings (SSSR count). The summed E-state index contributed by atoms with van der Waals surface area (Å²) in [6, 6.07) is 0. The van der Waals surface area contributed by atoms with Crippen LogP contribution in [0.5, 0.6) is 0 Å². The Morgan fingerprint density at radius 1 is 1.40 bits per heavy atom. The minimum Gasteiger partial charge on any atom is -0.436 e. The van der Waals surface area contributed by atoms with Gasteiger partial charge in [0.25, 0.3) is 5.91 Å². The van der Waals surface area contributed by atoms with Crippen LogP contribution in [0.1, 0.15) is 48.3 Å². The molecular weight excluding hydrogens is 254 g/mol. The van der Waals surface area contributed by atoms with Crippen LogP contribution < -0.4 is 5.32 Å². The minimum atomic E-state index is -0.0107. The van der Waals surface area contributed by atoms with Gasteiger partial charge in [-0.2, -0.15) is 0 Å². The fraction of sp³-hybridized carbons (Fsp3) is 0.733. The smallest absolute Gasteiger partial charge is 0.291 e. The molecule has 0 radical (unpaired) electrons. The number of carbonyl (C=O) groups excluding carboxylic acids is 1. The van der Waals surface area contributed by atoms with E-state index >= 15 is 0 Å². The lowest BCUT2D eigenvalue weighted by molar-refractivity contribution is 0.0682. The zero-order chi connectivity index (χ0) is 14.5. The van der Waals surface area contributed by atoms with Crippen molar-refractivity contribution in [2.75, 3.05) is 26.2 Å². The predicted molar refractivity (Wildman–Crippen MR) is 77.8 cm³/mol. The number of hydrogen-bond donors (Lipinski definition) is 1. The highest BCUT2D eigenvalue weighted by Gasteiger charge is 2.25. The zero-order valence-corrected chi connectivity index (χ0v) is 12.7. The molecule has 5 nitrogen and oxygen atoms in total. The minimum absolute atomic E-state index is 0.0107. The molecule has 0 bridgehead atoms. The summed E-state index contributed by atoms with van der Waals surface area (Å²) in [7, 11) is 0. The van der Waals surface area contributed by atoms with E-state index in [1.54, 1.807) is 6.92 Å². The second kappa shape index (κ2) is 6.88. The van der Waals surface area contributed by atoms with Crippen molar-refractivity contribution in [3.05, 3.63) is 17.3 Å². The van der Waals surface area contributed by atoms with E-state index in [1.807, 2.05) is 11.8 Å². The van der Waals surface area contributed by atoms with Crippen molar-refractivity contribution in [1.29, 1.82) is 0 Å². The molecule has 0 spiro atoms. The summed E-state index contributed by atoms with van der Waals surface area (Å²) in [6.45, 7) is 9.42. The van der Waals surface area contributed by atoms with Gasteiger partial charge in [-0.25, -0.2) is 4.98 Å². The molecule has 1 fully saturated rings. The predicted octanol–water partition coefficient (Wildman–Crippen LogP) is 2.14. The van der Waals surface area contributed by atoms with Crippen molar-refractivity contribution < 1.29 is 9.21 Å². The number of nitrogens with one attached hydrogen (secondary N) is 1. The van der Waals surface area contributed by atoms with E-state index in [1.165, 1.54) is 0 Å². The largest absolute Gasteiger partial charge is 0.436 e. The van der Waals surface area contributed by atoms with Crippen molar-refractivity contribution in [2.24, 2.45) is 5.92 Å². The summed E-state index contributed by atoms with van der Waals surface area (Å²) in [5.74, 6) is 1.55. The third-order valence-corrected chi connectivity index (χ3v) is 3.82. The van der Waals surface area contributed by atoms with E-state index < -0.39 is 0 Å². The molecule has 5 heteroatoms. The molecule has 1 aromatic rings. The Morgan fingerprint density at radius 3 is 2.65 bits per heavy atom. The molecule has 1 aromatic heterocycles. The van der Waals surface area contributed by atoms with Gasteiger partial charge in [-0.3, -0.25) is 4.79 Å². The second-order valence-corrected chi connectivity index (χ2v) is 5.59. The van der Waals surface area contributed by atoms with Gasteiger partial charge in [0.1, 0.15) is 0 Å². The molecule has 1 saturated heterocycles. The van der Waals surface area contributed by atoms with E-state index in [9.17, 15) is 4.79 Å². The van der Waals surface area contributed by atoms with Crippen LogP contribution in [0.25, 0.3) is 0 Å². The number of piperidine rings is 1. The van der Waals surface area contributed by atoms with Crippen LogP contribution in [0.4, 0.5) is 0 Å². The molecule has 1 N–H and O–H groups in total. The molecule has 1 amide bonds. The lowest BCUT2D eigenvalue weighted by atomic mass is 9.97. The van der Waals surface area contributed by atoms with Crippen LogP contribution in [0.3, 0.4) is 0 Å². The number of hydrogen-bond acceptors (Lipinski definition) is 4. The van der Waals surface area contributed by atoms with Crippen LogP contribution in [-0.4, -0.2) is 42.0 Å². The van der Waals surface area contributed by atoms with Crippen molar-refractivity contribution >= 4 is 5.91 Å². The zero-order valence-electron chi connectivity index (χ0n) is 12.7. The number of amides is 1. The van der Waals surface area contributed by atoms with Gasteiger partial charge in [-0.15, -0.1) is 0 Å².